The molecule has 0 saturated carbocycles. The number of nitrogens with zero attached hydrogens (tertiary/aromatic N) is 3. The van der Waals surface area contributed by atoms with Crippen molar-refractivity contribution in [3.8, 4) is 0 Å². The molecule has 9 heteroatoms. The smallest absolute Gasteiger partial charge is 0.243 e. The van der Waals surface area contributed by atoms with Crippen LogP contribution in [-0.4, -0.2) is 75.4 Å². The van der Waals surface area contributed by atoms with Gasteiger partial charge in [-0.2, -0.15) is 4.31 Å². The zero-order valence-corrected chi connectivity index (χ0v) is 19.1. The van der Waals surface area contributed by atoms with E-state index in [0.717, 1.165) is 24.1 Å². The molecule has 0 radical (unpaired) electrons. The van der Waals surface area contributed by atoms with Gasteiger partial charge in [-0.3, -0.25) is 9.59 Å². The third-order valence-electron chi connectivity index (χ3n) is 6.40. The van der Waals surface area contributed by atoms with E-state index in [4.69, 9.17) is 4.74 Å². The van der Waals surface area contributed by atoms with Crippen LogP contribution in [0.5, 0.6) is 0 Å². The van der Waals surface area contributed by atoms with Gasteiger partial charge in [0.05, 0.1) is 24.0 Å². The number of fused-ring (bicyclic) bond motifs is 1. The Morgan fingerprint density at radius 2 is 1.84 bits per heavy atom. The van der Waals surface area contributed by atoms with Crippen LogP contribution in [0.15, 0.2) is 23.1 Å². The first kappa shape index (κ1) is 22.2. The topological polar surface area (TPSA) is 87.2 Å². The summed E-state index contributed by atoms with van der Waals surface area (Å²) in [5, 5.41) is 0. The minimum absolute atomic E-state index is 0.0313. The SMILES string of the molecule is CC(C)C(=O)N1CCCC(C(=O)N2CCc3cc(S(=O)(=O)N4CCOCC4)ccc32)C1. The number of carbonyl (C=O) groups is 2. The van der Waals surface area contributed by atoms with Gasteiger partial charge in [-0.25, -0.2) is 8.42 Å². The standard InChI is InChI=1S/C22H31N3O5S/c1-16(2)21(26)23-8-3-4-18(15-23)22(27)25-9-7-17-14-19(5-6-20(17)25)31(28,29)24-10-12-30-13-11-24/h5-6,14,16,18H,3-4,7-13,15H2,1-2H3. The van der Waals surface area contributed by atoms with Crippen LogP contribution in [0.25, 0.3) is 0 Å². The molecule has 31 heavy (non-hydrogen) atoms. The zero-order chi connectivity index (χ0) is 22.2. The number of morpholine rings is 1. The van der Waals surface area contributed by atoms with Crippen molar-refractivity contribution in [1.82, 2.24) is 9.21 Å². The molecule has 0 spiro atoms. The predicted molar refractivity (Wildman–Crippen MR) is 116 cm³/mol. The molecule has 8 nitrogen and oxygen atoms in total. The Kier molecular flexibility index (Phi) is 6.37. The monoisotopic (exact) mass is 449 g/mol. The maximum atomic E-state index is 13.3. The van der Waals surface area contributed by atoms with Crippen LogP contribution < -0.4 is 4.90 Å². The Labute approximate surface area is 184 Å². The highest BCUT2D eigenvalue weighted by atomic mass is 32.2. The summed E-state index contributed by atoms with van der Waals surface area (Å²) >= 11 is 0. The fourth-order valence-corrected chi connectivity index (χ4v) is 6.13. The van der Waals surface area contributed by atoms with Crippen LogP contribution in [0, 0.1) is 11.8 Å². The third-order valence-corrected chi connectivity index (χ3v) is 8.29. The van der Waals surface area contributed by atoms with Crippen molar-refractivity contribution in [3.05, 3.63) is 23.8 Å². The summed E-state index contributed by atoms with van der Waals surface area (Å²) in [5.74, 6) is -0.159. The summed E-state index contributed by atoms with van der Waals surface area (Å²) in [7, 11) is -3.56. The predicted octanol–water partition coefficient (Wildman–Crippen LogP) is 1.49. The maximum absolute atomic E-state index is 13.3. The number of ether oxygens (including phenoxy) is 1. The normalized spacial score (nSPS) is 22.6. The number of rotatable bonds is 4. The van der Waals surface area contributed by atoms with Crippen molar-refractivity contribution < 1.29 is 22.7 Å². The summed E-state index contributed by atoms with van der Waals surface area (Å²) in [5.41, 5.74) is 1.67. The van der Waals surface area contributed by atoms with Gasteiger partial charge in [-0.15, -0.1) is 0 Å². The second-order valence-corrected chi connectivity index (χ2v) is 10.8. The highest BCUT2D eigenvalue weighted by Gasteiger charge is 2.35. The summed E-state index contributed by atoms with van der Waals surface area (Å²) in [6.45, 7) is 7.01. The number of amides is 2. The lowest BCUT2D eigenvalue weighted by molar-refractivity contribution is -0.137. The fourth-order valence-electron chi connectivity index (χ4n) is 4.67. The fraction of sp³-hybridized carbons (Fsp3) is 0.636. The number of piperidine rings is 1. The van der Waals surface area contributed by atoms with Gasteiger partial charge >= 0.3 is 0 Å². The first-order chi connectivity index (χ1) is 14.8. The van der Waals surface area contributed by atoms with E-state index < -0.39 is 10.0 Å². The van der Waals surface area contributed by atoms with Crippen molar-refractivity contribution >= 4 is 27.5 Å². The number of carbonyl (C=O) groups excluding carboxylic acids is 2. The number of hydrogen-bond acceptors (Lipinski definition) is 5. The van der Waals surface area contributed by atoms with Crippen molar-refractivity contribution in [2.75, 3.05) is 50.8 Å². The van der Waals surface area contributed by atoms with Crippen molar-refractivity contribution in [1.29, 1.82) is 0 Å². The molecule has 0 aliphatic carbocycles. The Hall–Kier alpha value is -1.97. The number of sulfonamides is 1. The molecular formula is C22H31N3O5S. The second kappa shape index (κ2) is 8.88. The molecule has 4 rings (SSSR count). The van der Waals surface area contributed by atoms with Gasteiger partial charge in [0.2, 0.25) is 21.8 Å². The molecule has 1 aromatic carbocycles. The van der Waals surface area contributed by atoms with Crippen molar-refractivity contribution in [3.63, 3.8) is 0 Å². The largest absolute Gasteiger partial charge is 0.379 e. The Morgan fingerprint density at radius 1 is 1.10 bits per heavy atom. The van der Waals surface area contributed by atoms with Crippen molar-refractivity contribution in [2.24, 2.45) is 11.8 Å². The van der Waals surface area contributed by atoms with Crippen molar-refractivity contribution in [2.45, 2.75) is 38.0 Å². The van der Waals surface area contributed by atoms with Gasteiger partial charge < -0.3 is 14.5 Å². The van der Waals surface area contributed by atoms with Crippen LogP contribution >= 0.6 is 0 Å². The van der Waals surface area contributed by atoms with E-state index in [1.54, 1.807) is 23.1 Å². The van der Waals surface area contributed by atoms with E-state index in [0.29, 0.717) is 52.4 Å². The van der Waals surface area contributed by atoms with E-state index >= 15 is 0 Å². The minimum atomic E-state index is -3.56. The molecule has 3 aliphatic heterocycles. The number of benzene rings is 1. The average Bonchev–Trinajstić information content (AvgIpc) is 3.22. The highest BCUT2D eigenvalue weighted by molar-refractivity contribution is 7.89. The molecular weight excluding hydrogens is 418 g/mol. The van der Waals surface area contributed by atoms with Gasteiger partial charge in [0.15, 0.2) is 0 Å². The molecule has 170 valence electrons. The van der Waals surface area contributed by atoms with Crippen LogP contribution in [0.4, 0.5) is 5.69 Å². The van der Waals surface area contributed by atoms with Crippen LogP contribution in [0.1, 0.15) is 32.3 Å². The van der Waals surface area contributed by atoms with E-state index in [1.165, 1.54) is 4.31 Å². The Bertz CT molecular complexity index is 956. The highest BCUT2D eigenvalue weighted by Crippen LogP contribution is 2.33. The first-order valence-corrected chi connectivity index (χ1v) is 12.5. The van der Waals surface area contributed by atoms with Gasteiger partial charge in [0.25, 0.3) is 0 Å². The number of likely N-dealkylation sites (tertiary alicyclic amines) is 1. The summed E-state index contributed by atoms with van der Waals surface area (Å²) in [6, 6.07) is 5.07. The lowest BCUT2D eigenvalue weighted by Crippen LogP contribution is -2.47. The molecule has 1 unspecified atom stereocenters. The molecule has 2 fully saturated rings. The summed E-state index contributed by atoms with van der Waals surface area (Å²) in [6.07, 6.45) is 2.23. The average molecular weight is 450 g/mol. The van der Waals surface area contributed by atoms with Gasteiger partial charge in [-0.1, -0.05) is 13.8 Å². The molecule has 0 aromatic heterocycles. The lowest BCUT2D eigenvalue weighted by atomic mass is 9.95. The van der Waals surface area contributed by atoms with Gasteiger partial charge in [-0.05, 0) is 43.0 Å². The molecule has 3 heterocycles. The van der Waals surface area contributed by atoms with E-state index in [9.17, 15) is 18.0 Å². The van der Waals surface area contributed by atoms with Gasteiger partial charge in [0.1, 0.15) is 0 Å². The maximum Gasteiger partial charge on any atom is 0.243 e. The minimum Gasteiger partial charge on any atom is -0.379 e. The second-order valence-electron chi connectivity index (χ2n) is 8.82. The van der Waals surface area contributed by atoms with E-state index in [1.807, 2.05) is 18.7 Å². The third kappa shape index (κ3) is 4.36. The first-order valence-electron chi connectivity index (χ1n) is 11.1. The van der Waals surface area contributed by atoms with Gasteiger partial charge in [0, 0.05) is 44.3 Å². The molecule has 1 aromatic rings. The molecule has 1 atom stereocenters. The molecule has 0 bridgehead atoms. The molecule has 3 aliphatic rings. The van der Waals surface area contributed by atoms with Crippen LogP contribution in [0.2, 0.25) is 0 Å². The van der Waals surface area contributed by atoms with Crippen LogP contribution in [0.3, 0.4) is 0 Å². The lowest BCUT2D eigenvalue weighted by Gasteiger charge is -2.35. The molecule has 2 saturated heterocycles. The Balaban J connectivity index is 1.50. The Morgan fingerprint density at radius 3 is 2.55 bits per heavy atom. The number of anilines is 1. The summed E-state index contributed by atoms with van der Waals surface area (Å²) < 4.78 is 32.6. The molecule has 0 N–H and O–H groups in total. The van der Waals surface area contributed by atoms with Crippen LogP contribution in [-0.2, 0) is 30.8 Å². The molecule has 2 amide bonds. The zero-order valence-electron chi connectivity index (χ0n) is 18.2. The van der Waals surface area contributed by atoms with E-state index in [2.05, 4.69) is 0 Å². The number of hydrogen-bond donors (Lipinski definition) is 0. The quantitative estimate of drug-likeness (QED) is 0.695. The summed E-state index contributed by atoms with van der Waals surface area (Å²) in [4.78, 5) is 29.5. The van der Waals surface area contributed by atoms with E-state index in [-0.39, 0.29) is 28.5 Å².